The summed E-state index contributed by atoms with van der Waals surface area (Å²) in [5.41, 5.74) is -4.53. The van der Waals surface area contributed by atoms with Crippen LogP contribution in [-0.4, -0.2) is 78.1 Å². The molecule has 10 nitrogen and oxygen atoms in total. The summed E-state index contributed by atoms with van der Waals surface area (Å²) in [7, 11) is 0. The van der Waals surface area contributed by atoms with Gasteiger partial charge >= 0.3 is 36.4 Å². The maximum absolute atomic E-state index is 12.3. The molecule has 16 heteroatoms. The van der Waals surface area contributed by atoms with E-state index in [-0.39, 0.29) is 30.4 Å². The molecular formula is C28H38F6O10. The lowest BCUT2D eigenvalue weighted by Crippen LogP contribution is -2.58. The van der Waals surface area contributed by atoms with Crippen LogP contribution in [0.5, 0.6) is 0 Å². The number of halogens is 6. The number of rotatable bonds is 9. The van der Waals surface area contributed by atoms with Gasteiger partial charge < -0.3 is 28.8 Å². The van der Waals surface area contributed by atoms with Crippen LogP contribution in [-0.2, 0) is 38.1 Å². The minimum Gasteiger partial charge on any atom is -0.459 e. The molecular weight excluding hydrogens is 610 g/mol. The van der Waals surface area contributed by atoms with Crippen molar-refractivity contribution in [1.82, 2.24) is 0 Å². The quantitative estimate of drug-likeness (QED) is 0.141. The van der Waals surface area contributed by atoms with E-state index in [0.717, 1.165) is 19.8 Å². The summed E-state index contributed by atoms with van der Waals surface area (Å²) in [4.78, 5) is 43.5. The fourth-order valence-corrected chi connectivity index (χ4v) is 3.41. The molecule has 2 fully saturated rings. The van der Waals surface area contributed by atoms with Gasteiger partial charge in [0.15, 0.2) is 6.10 Å². The smallest absolute Gasteiger partial charge is 0.459 e. The number of hydrogen-bond acceptors (Lipinski definition) is 10. The Morgan fingerprint density at radius 1 is 0.932 bits per heavy atom. The van der Waals surface area contributed by atoms with Gasteiger partial charge in [0.1, 0.15) is 24.9 Å². The molecule has 44 heavy (non-hydrogen) atoms. The monoisotopic (exact) mass is 648 g/mol. The number of hydrogen-bond donors (Lipinski definition) is 1. The predicted octanol–water partition coefficient (Wildman–Crippen LogP) is 5.82. The third-order valence-electron chi connectivity index (χ3n) is 5.93. The molecule has 1 N–H and O–H groups in total. The summed E-state index contributed by atoms with van der Waals surface area (Å²) < 4.78 is 97.4. The predicted molar refractivity (Wildman–Crippen MR) is 142 cm³/mol. The Kier molecular flexibility index (Phi) is 15.2. The molecule has 0 aromatic carbocycles. The van der Waals surface area contributed by atoms with E-state index < -0.39 is 54.7 Å². The molecule has 1 heterocycles. The Bertz CT molecular complexity index is 1060. The zero-order valence-electron chi connectivity index (χ0n) is 25.1. The van der Waals surface area contributed by atoms with Crippen LogP contribution in [0.4, 0.5) is 31.1 Å². The van der Waals surface area contributed by atoms with Gasteiger partial charge in [-0.15, -0.1) is 0 Å². The van der Waals surface area contributed by atoms with Crippen molar-refractivity contribution < 1.29 is 74.3 Å². The SMILES string of the molecule is C=C(C)C(=O)OC(C)CC(O)(C(F)(F)F)C(F)(F)F.C=C(C)C(=O)OC1(C)CCCC1.C=C(C)C(=O)OCC1COC(=O)O1. The van der Waals surface area contributed by atoms with Crippen LogP contribution in [0, 0.1) is 0 Å². The molecule has 0 radical (unpaired) electrons. The first-order chi connectivity index (χ1) is 19.8. The zero-order chi connectivity index (χ0) is 34.7. The molecule has 2 atom stereocenters. The molecule has 1 aliphatic heterocycles. The minimum absolute atomic E-state index is 0.0113. The Hall–Kier alpha value is -3.56. The highest BCUT2D eigenvalue weighted by molar-refractivity contribution is 5.87. The van der Waals surface area contributed by atoms with Gasteiger partial charge in [-0.05, 0) is 60.3 Å². The largest absolute Gasteiger partial charge is 0.508 e. The second kappa shape index (κ2) is 16.5. The van der Waals surface area contributed by atoms with E-state index in [2.05, 4.69) is 33.9 Å². The van der Waals surface area contributed by atoms with Gasteiger partial charge in [-0.25, -0.2) is 19.2 Å². The summed E-state index contributed by atoms with van der Waals surface area (Å²) in [5, 5.41) is 8.84. The molecule has 1 aliphatic carbocycles. The zero-order valence-corrected chi connectivity index (χ0v) is 25.1. The van der Waals surface area contributed by atoms with Crippen LogP contribution < -0.4 is 0 Å². The average Bonchev–Trinajstić information content (AvgIpc) is 3.49. The van der Waals surface area contributed by atoms with Crippen molar-refractivity contribution in [3.63, 3.8) is 0 Å². The van der Waals surface area contributed by atoms with Crippen LogP contribution in [0.1, 0.15) is 66.7 Å². The number of cyclic esters (lactones) is 2. The second-order valence-electron chi connectivity index (χ2n) is 10.6. The van der Waals surface area contributed by atoms with Crippen LogP contribution in [0.2, 0.25) is 0 Å². The first-order valence-electron chi connectivity index (χ1n) is 13.1. The molecule has 2 aliphatic rings. The van der Waals surface area contributed by atoms with E-state index in [0.29, 0.717) is 11.1 Å². The van der Waals surface area contributed by atoms with Gasteiger partial charge in [0.05, 0.1) is 0 Å². The lowest BCUT2D eigenvalue weighted by atomic mass is 9.95. The fraction of sp³-hybridized carbons (Fsp3) is 0.643. The summed E-state index contributed by atoms with van der Waals surface area (Å²) in [6.45, 7) is 17.4. The molecule has 0 aromatic heterocycles. The van der Waals surface area contributed by atoms with Gasteiger partial charge in [0.2, 0.25) is 0 Å². The second-order valence-corrected chi connectivity index (χ2v) is 10.6. The molecule has 0 amide bonds. The maximum atomic E-state index is 12.3. The van der Waals surface area contributed by atoms with Gasteiger partial charge in [0.25, 0.3) is 5.60 Å². The van der Waals surface area contributed by atoms with Crippen LogP contribution in [0.3, 0.4) is 0 Å². The van der Waals surface area contributed by atoms with Crippen molar-refractivity contribution in [1.29, 1.82) is 0 Å². The molecule has 0 spiro atoms. The van der Waals surface area contributed by atoms with Crippen LogP contribution >= 0.6 is 0 Å². The van der Waals surface area contributed by atoms with Crippen molar-refractivity contribution in [2.45, 2.75) is 102 Å². The minimum atomic E-state index is -5.94. The number of aliphatic hydroxyl groups is 1. The van der Waals surface area contributed by atoms with Crippen molar-refractivity contribution in [2.75, 3.05) is 13.2 Å². The van der Waals surface area contributed by atoms with Crippen molar-refractivity contribution in [3.05, 3.63) is 36.5 Å². The van der Waals surface area contributed by atoms with E-state index in [9.17, 15) is 45.5 Å². The Labute approximate surface area is 251 Å². The van der Waals surface area contributed by atoms with E-state index in [1.807, 2.05) is 6.92 Å². The van der Waals surface area contributed by atoms with Crippen molar-refractivity contribution >= 4 is 24.1 Å². The highest BCUT2D eigenvalue weighted by Gasteiger charge is 2.70. The Balaban J connectivity index is 0.000000651. The number of carbonyl (C=O) groups is 4. The third kappa shape index (κ3) is 13.4. The maximum Gasteiger partial charge on any atom is 0.508 e. The number of carbonyl (C=O) groups excluding carboxylic acids is 4. The summed E-state index contributed by atoms with van der Waals surface area (Å²) in [6.07, 6.45) is -12.4. The fourth-order valence-electron chi connectivity index (χ4n) is 3.41. The Morgan fingerprint density at radius 3 is 1.75 bits per heavy atom. The first kappa shape index (κ1) is 40.4. The number of alkyl halides is 6. The normalized spacial score (nSPS) is 18.1. The van der Waals surface area contributed by atoms with E-state index in [1.165, 1.54) is 19.8 Å². The summed E-state index contributed by atoms with van der Waals surface area (Å²) >= 11 is 0. The third-order valence-corrected chi connectivity index (χ3v) is 5.93. The summed E-state index contributed by atoms with van der Waals surface area (Å²) in [5.74, 6) is -1.89. The molecule has 2 unspecified atom stereocenters. The molecule has 252 valence electrons. The summed E-state index contributed by atoms with van der Waals surface area (Å²) in [6, 6.07) is 0. The number of ether oxygens (including phenoxy) is 5. The van der Waals surface area contributed by atoms with Crippen molar-refractivity contribution in [3.8, 4) is 0 Å². The molecule has 1 saturated carbocycles. The van der Waals surface area contributed by atoms with Crippen LogP contribution in [0.25, 0.3) is 0 Å². The van der Waals surface area contributed by atoms with Crippen molar-refractivity contribution in [2.24, 2.45) is 0 Å². The van der Waals surface area contributed by atoms with Gasteiger partial charge in [-0.2, -0.15) is 26.3 Å². The van der Waals surface area contributed by atoms with Crippen LogP contribution in [0.15, 0.2) is 36.5 Å². The van der Waals surface area contributed by atoms with E-state index in [4.69, 9.17) is 14.6 Å². The molecule has 0 aromatic rings. The Morgan fingerprint density at radius 2 is 1.39 bits per heavy atom. The molecule has 2 rings (SSSR count). The van der Waals surface area contributed by atoms with Gasteiger partial charge in [-0.1, -0.05) is 19.7 Å². The number of esters is 3. The first-order valence-corrected chi connectivity index (χ1v) is 13.1. The highest BCUT2D eigenvalue weighted by atomic mass is 19.4. The lowest BCUT2D eigenvalue weighted by Gasteiger charge is -2.33. The average molecular weight is 649 g/mol. The lowest BCUT2D eigenvalue weighted by molar-refractivity contribution is -0.373. The standard InChI is InChI=1S/C10H12F6O3.C10H16O2.C8H10O5/c1-5(2)7(17)19-6(3)4-8(18,9(11,12)13)10(14,15)16;1-8(2)9(11)12-10(3)6-4-5-7-10;1-5(2)7(9)11-3-6-4-12-8(10)13-6/h6,18H,1,4H2,2-3H3;1,4-7H2,2-3H3;6H,1,3-4H2,2H3. The van der Waals surface area contributed by atoms with Gasteiger partial charge in [-0.3, -0.25) is 0 Å². The van der Waals surface area contributed by atoms with E-state index in [1.54, 1.807) is 13.8 Å². The molecule has 0 bridgehead atoms. The van der Waals surface area contributed by atoms with E-state index >= 15 is 0 Å². The topological polar surface area (TPSA) is 135 Å². The molecule has 1 saturated heterocycles. The van der Waals surface area contributed by atoms with Gasteiger partial charge in [0, 0.05) is 23.1 Å². The highest BCUT2D eigenvalue weighted by Crippen LogP contribution is 2.46.